The minimum Gasteiger partial charge on any atom is -0.385 e. The zero-order chi connectivity index (χ0) is 20.7. The van der Waals surface area contributed by atoms with Gasteiger partial charge in [0.15, 0.2) is 0 Å². The van der Waals surface area contributed by atoms with Crippen molar-refractivity contribution in [3.05, 3.63) is 50.8 Å². The standard InChI is InChI=1S/C21H27N5O2/c1-6-26-20(23-11-8-12-28-5)19(16(4)17(13-22)21(26)27)25-24-18-10-7-9-14(2)15(18)3/h7,9-10,23H,6,8,11-12H2,1-5H3. The largest absolute Gasteiger partial charge is 0.385 e. The fourth-order valence-corrected chi connectivity index (χ4v) is 2.93. The van der Waals surface area contributed by atoms with Crippen LogP contribution in [0.15, 0.2) is 33.2 Å². The van der Waals surface area contributed by atoms with Crippen LogP contribution >= 0.6 is 0 Å². The molecule has 0 aliphatic heterocycles. The number of azo groups is 1. The number of ether oxygens (including phenoxy) is 1. The van der Waals surface area contributed by atoms with Crippen LogP contribution in [0.3, 0.4) is 0 Å². The molecule has 2 aromatic rings. The molecule has 2 rings (SSSR count). The Morgan fingerprint density at radius 2 is 1.96 bits per heavy atom. The number of anilines is 1. The van der Waals surface area contributed by atoms with Crippen LogP contribution in [0, 0.1) is 32.1 Å². The molecule has 28 heavy (non-hydrogen) atoms. The molecule has 0 aliphatic carbocycles. The van der Waals surface area contributed by atoms with Crippen LogP contribution in [0.25, 0.3) is 0 Å². The molecule has 1 N–H and O–H groups in total. The summed E-state index contributed by atoms with van der Waals surface area (Å²) in [6, 6.07) is 7.87. The summed E-state index contributed by atoms with van der Waals surface area (Å²) < 4.78 is 6.62. The molecule has 7 heteroatoms. The number of aryl methyl sites for hydroxylation is 1. The minimum atomic E-state index is -0.317. The van der Waals surface area contributed by atoms with E-state index >= 15 is 0 Å². The van der Waals surface area contributed by atoms with Gasteiger partial charge in [-0.2, -0.15) is 10.4 Å². The highest BCUT2D eigenvalue weighted by atomic mass is 16.5. The van der Waals surface area contributed by atoms with E-state index in [-0.39, 0.29) is 11.1 Å². The Bertz CT molecular complexity index is 970. The maximum atomic E-state index is 12.7. The van der Waals surface area contributed by atoms with Crippen molar-refractivity contribution in [3.8, 4) is 6.07 Å². The van der Waals surface area contributed by atoms with Gasteiger partial charge in [0, 0.05) is 32.4 Å². The van der Waals surface area contributed by atoms with Gasteiger partial charge in [-0.3, -0.25) is 9.36 Å². The first kappa shape index (κ1) is 21.3. The second-order valence-electron chi connectivity index (χ2n) is 6.55. The lowest BCUT2D eigenvalue weighted by Gasteiger charge is -2.17. The summed E-state index contributed by atoms with van der Waals surface area (Å²) in [4.78, 5) is 12.7. The third kappa shape index (κ3) is 4.46. The highest BCUT2D eigenvalue weighted by molar-refractivity contribution is 5.68. The molecule has 1 heterocycles. The van der Waals surface area contributed by atoms with E-state index < -0.39 is 0 Å². The topological polar surface area (TPSA) is 91.8 Å². The van der Waals surface area contributed by atoms with Gasteiger partial charge >= 0.3 is 0 Å². The molecule has 0 amide bonds. The van der Waals surface area contributed by atoms with Crippen LogP contribution in [0.5, 0.6) is 0 Å². The van der Waals surface area contributed by atoms with E-state index in [0.717, 1.165) is 23.2 Å². The molecule has 0 unspecified atom stereocenters. The Morgan fingerprint density at radius 1 is 1.21 bits per heavy atom. The molecule has 1 aromatic heterocycles. The molecule has 0 bridgehead atoms. The molecule has 1 aromatic carbocycles. The van der Waals surface area contributed by atoms with Crippen LogP contribution in [-0.2, 0) is 11.3 Å². The number of hydrogen-bond acceptors (Lipinski definition) is 6. The average molecular weight is 381 g/mol. The lowest BCUT2D eigenvalue weighted by atomic mass is 10.1. The van der Waals surface area contributed by atoms with Crippen LogP contribution in [0.1, 0.15) is 35.6 Å². The van der Waals surface area contributed by atoms with Gasteiger partial charge in [-0.05, 0) is 51.3 Å². The maximum absolute atomic E-state index is 12.7. The molecule has 0 atom stereocenters. The van der Waals surface area contributed by atoms with E-state index in [0.29, 0.717) is 36.8 Å². The van der Waals surface area contributed by atoms with Gasteiger partial charge in [0.25, 0.3) is 5.56 Å². The summed E-state index contributed by atoms with van der Waals surface area (Å²) in [5.41, 5.74) is 3.75. The molecule has 0 fully saturated rings. The molecule has 148 valence electrons. The molecule has 0 saturated carbocycles. The number of nitriles is 1. The average Bonchev–Trinajstić information content (AvgIpc) is 2.68. The van der Waals surface area contributed by atoms with Crippen molar-refractivity contribution in [2.75, 3.05) is 25.6 Å². The van der Waals surface area contributed by atoms with E-state index in [9.17, 15) is 10.1 Å². The number of nitrogens with one attached hydrogen (secondary N) is 1. The second kappa shape index (κ2) is 9.81. The van der Waals surface area contributed by atoms with Crippen molar-refractivity contribution in [1.82, 2.24) is 4.57 Å². The van der Waals surface area contributed by atoms with Gasteiger partial charge in [0.05, 0.1) is 5.69 Å². The third-order valence-corrected chi connectivity index (χ3v) is 4.76. The molecule has 0 spiro atoms. The molecule has 0 aliphatic rings. The number of rotatable bonds is 8. The molecular weight excluding hydrogens is 354 g/mol. The van der Waals surface area contributed by atoms with Crippen molar-refractivity contribution < 1.29 is 4.74 Å². The zero-order valence-corrected chi connectivity index (χ0v) is 17.2. The quantitative estimate of drug-likeness (QED) is 0.537. The highest BCUT2D eigenvalue weighted by Gasteiger charge is 2.19. The van der Waals surface area contributed by atoms with Crippen LogP contribution in [0.2, 0.25) is 0 Å². The van der Waals surface area contributed by atoms with E-state index in [1.54, 1.807) is 14.0 Å². The summed E-state index contributed by atoms with van der Waals surface area (Å²) in [7, 11) is 1.65. The lowest BCUT2D eigenvalue weighted by Crippen LogP contribution is -2.26. The summed E-state index contributed by atoms with van der Waals surface area (Å²) in [6.45, 7) is 9.26. The second-order valence-corrected chi connectivity index (χ2v) is 6.55. The van der Waals surface area contributed by atoms with Gasteiger partial charge in [-0.1, -0.05) is 12.1 Å². The third-order valence-electron chi connectivity index (χ3n) is 4.76. The number of aromatic nitrogens is 1. The molecule has 0 saturated heterocycles. The lowest BCUT2D eigenvalue weighted by molar-refractivity contribution is 0.197. The Morgan fingerprint density at radius 3 is 2.61 bits per heavy atom. The van der Waals surface area contributed by atoms with E-state index in [2.05, 4.69) is 15.5 Å². The van der Waals surface area contributed by atoms with E-state index in [1.807, 2.05) is 45.0 Å². The van der Waals surface area contributed by atoms with Crippen molar-refractivity contribution in [3.63, 3.8) is 0 Å². The predicted octanol–water partition coefficient (Wildman–Crippen LogP) is 4.53. The van der Waals surface area contributed by atoms with Crippen molar-refractivity contribution in [2.45, 2.75) is 40.7 Å². The van der Waals surface area contributed by atoms with Crippen molar-refractivity contribution >= 4 is 17.2 Å². The SMILES string of the molecule is CCn1c(NCCCOC)c(N=Nc2cccc(C)c2C)c(C)c(C#N)c1=O. The Kier molecular flexibility index (Phi) is 7.47. The number of benzene rings is 1. The van der Waals surface area contributed by atoms with Gasteiger partial charge in [0.2, 0.25) is 0 Å². The first-order valence-electron chi connectivity index (χ1n) is 9.34. The smallest absolute Gasteiger partial charge is 0.270 e. The van der Waals surface area contributed by atoms with Gasteiger partial charge in [-0.15, -0.1) is 5.11 Å². The Labute approximate surface area is 165 Å². The predicted molar refractivity (Wildman–Crippen MR) is 111 cm³/mol. The van der Waals surface area contributed by atoms with Crippen LogP contribution in [-0.4, -0.2) is 24.8 Å². The highest BCUT2D eigenvalue weighted by Crippen LogP contribution is 2.32. The number of pyridine rings is 1. The van der Waals surface area contributed by atoms with E-state index in [1.165, 1.54) is 4.57 Å². The molecule has 7 nitrogen and oxygen atoms in total. The van der Waals surface area contributed by atoms with Gasteiger partial charge < -0.3 is 10.1 Å². The van der Waals surface area contributed by atoms with Gasteiger partial charge in [-0.25, -0.2) is 0 Å². The summed E-state index contributed by atoms with van der Waals surface area (Å²) >= 11 is 0. The number of methoxy groups -OCH3 is 1. The fraction of sp³-hybridized carbons (Fsp3) is 0.429. The van der Waals surface area contributed by atoms with Crippen LogP contribution < -0.4 is 10.9 Å². The minimum absolute atomic E-state index is 0.0965. The van der Waals surface area contributed by atoms with Crippen molar-refractivity contribution in [2.24, 2.45) is 10.2 Å². The summed E-state index contributed by atoms with van der Waals surface area (Å²) in [5, 5.41) is 21.6. The first-order chi connectivity index (χ1) is 13.5. The number of nitrogens with zero attached hydrogens (tertiary/aromatic N) is 4. The Hall–Kier alpha value is -2.98. The van der Waals surface area contributed by atoms with Crippen molar-refractivity contribution in [1.29, 1.82) is 5.26 Å². The van der Waals surface area contributed by atoms with Gasteiger partial charge in [0.1, 0.15) is 23.1 Å². The van der Waals surface area contributed by atoms with Crippen LogP contribution in [0.4, 0.5) is 17.2 Å². The molecular formula is C21H27N5O2. The first-order valence-corrected chi connectivity index (χ1v) is 9.34. The fourth-order valence-electron chi connectivity index (χ4n) is 2.93. The summed E-state index contributed by atoms with van der Waals surface area (Å²) in [5.74, 6) is 0.578. The maximum Gasteiger partial charge on any atom is 0.270 e. The number of hydrogen-bond donors (Lipinski definition) is 1. The summed E-state index contributed by atoms with van der Waals surface area (Å²) in [6.07, 6.45) is 0.779. The monoisotopic (exact) mass is 381 g/mol. The molecule has 0 radical (unpaired) electrons. The Balaban J connectivity index is 2.59. The van der Waals surface area contributed by atoms with E-state index in [4.69, 9.17) is 4.74 Å². The zero-order valence-electron chi connectivity index (χ0n) is 17.2. The normalized spacial score (nSPS) is 11.0.